The van der Waals surface area contributed by atoms with Crippen molar-refractivity contribution in [3.63, 3.8) is 0 Å². The highest BCUT2D eigenvalue weighted by Crippen LogP contribution is 2.20. The van der Waals surface area contributed by atoms with Crippen molar-refractivity contribution in [2.45, 2.75) is 31.8 Å². The average molecular weight is 199 g/mol. The third-order valence-electron chi connectivity index (χ3n) is 3.45. The minimum atomic E-state index is -0.128. The molecule has 0 bridgehead atoms. The van der Waals surface area contributed by atoms with Gasteiger partial charge in [0.1, 0.15) is 0 Å². The van der Waals surface area contributed by atoms with Gasteiger partial charge >= 0.3 is 0 Å². The lowest BCUT2D eigenvalue weighted by atomic mass is 9.93. The van der Waals surface area contributed by atoms with Crippen molar-refractivity contribution in [3.05, 3.63) is 0 Å². The molecule has 0 aliphatic carbocycles. The SMILES string of the molecule is OC(CN1CCCC1)C1CCOCC1. The Morgan fingerprint density at radius 3 is 2.50 bits per heavy atom. The molecule has 1 N–H and O–H groups in total. The van der Waals surface area contributed by atoms with E-state index in [1.54, 1.807) is 0 Å². The summed E-state index contributed by atoms with van der Waals surface area (Å²) in [6.07, 6.45) is 4.56. The van der Waals surface area contributed by atoms with Crippen LogP contribution >= 0.6 is 0 Å². The fourth-order valence-corrected chi connectivity index (χ4v) is 2.48. The van der Waals surface area contributed by atoms with Gasteiger partial charge in [-0.2, -0.15) is 0 Å². The molecule has 0 aromatic heterocycles. The third-order valence-corrected chi connectivity index (χ3v) is 3.45. The molecule has 0 aromatic carbocycles. The summed E-state index contributed by atoms with van der Waals surface area (Å²) >= 11 is 0. The van der Waals surface area contributed by atoms with Crippen molar-refractivity contribution in [3.8, 4) is 0 Å². The van der Waals surface area contributed by atoms with Gasteiger partial charge in [-0.25, -0.2) is 0 Å². The number of likely N-dealkylation sites (tertiary alicyclic amines) is 1. The first kappa shape index (κ1) is 10.4. The van der Waals surface area contributed by atoms with Crippen LogP contribution in [0.5, 0.6) is 0 Å². The van der Waals surface area contributed by atoms with Gasteiger partial charge in [0.2, 0.25) is 0 Å². The number of aliphatic hydroxyl groups is 1. The zero-order chi connectivity index (χ0) is 9.80. The first-order chi connectivity index (χ1) is 6.86. The van der Waals surface area contributed by atoms with Gasteiger partial charge in [0.15, 0.2) is 0 Å². The first-order valence-corrected chi connectivity index (χ1v) is 5.84. The lowest BCUT2D eigenvalue weighted by Gasteiger charge is -2.29. The van der Waals surface area contributed by atoms with E-state index in [0.717, 1.165) is 32.6 Å². The van der Waals surface area contributed by atoms with E-state index in [-0.39, 0.29) is 6.10 Å². The van der Waals surface area contributed by atoms with E-state index in [4.69, 9.17) is 4.74 Å². The average Bonchev–Trinajstić information content (AvgIpc) is 2.72. The van der Waals surface area contributed by atoms with Gasteiger partial charge in [0.25, 0.3) is 0 Å². The maximum atomic E-state index is 10.0. The Balaban J connectivity index is 1.72. The van der Waals surface area contributed by atoms with Crippen LogP contribution in [0.2, 0.25) is 0 Å². The molecule has 2 aliphatic rings. The molecule has 3 heteroatoms. The van der Waals surface area contributed by atoms with Crippen molar-refractivity contribution in [2.75, 3.05) is 32.8 Å². The van der Waals surface area contributed by atoms with Gasteiger partial charge in [-0.3, -0.25) is 0 Å². The zero-order valence-electron chi connectivity index (χ0n) is 8.82. The Labute approximate surface area is 86.0 Å². The standard InChI is InChI=1S/C11H21NO2/c13-11(9-12-5-1-2-6-12)10-3-7-14-8-4-10/h10-11,13H,1-9H2. The van der Waals surface area contributed by atoms with Crippen LogP contribution in [0.15, 0.2) is 0 Å². The van der Waals surface area contributed by atoms with Crippen LogP contribution in [-0.2, 0) is 4.74 Å². The topological polar surface area (TPSA) is 32.7 Å². The largest absolute Gasteiger partial charge is 0.392 e. The summed E-state index contributed by atoms with van der Waals surface area (Å²) in [6, 6.07) is 0. The Morgan fingerprint density at radius 2 is 1.86 bits per heavy atom. The molecule has 0 spiro atoms. The summed E-state index contributed by atoms with van der Waals surface area (Å²) in [5, 5.41) is 10.0. The quantitative estimate of drug-likeness (QED) is 0.732. The van der Waals surface area contributed by atoms with E-state index in [0.29, 0.717) is 5.92 Å². The smallest absolute Gasteiger partial charge is 0.0696 e. The maximum absolute atomic E-state index is 10.0. The van der Waals surface area contributed by atoms with Crippen molar-refractivity contribution in [2.24, 2.45) is 5.92 Å². The minimum Gasteiger partial charge on any atom is -0.392 e. The van der Waals surface area contributed by atoms with E-state index in [9.17, 15) is 5.11 Å². The molecule has 3 nitrogen and oxygen atoms in total. The summed E-state index contributed by atoms with van der Waals surface area (Å²) in [4.78, 5) is 2.39. The zero-order valence-corrected chi connectivity index (χ0v) is 8.82. The second-order valence-electron chi connectivity index (χ2n) is 4.52. The van der Waals surface area contributed by atoms with Crippen LogP contribution < -0.4 is 0 Å². The van der Waals surface area contributed by atoms with Gasteiger partial charge in [0, 0.05) is 19.8 Å². The number of nitrogens with zero attached hydrogens (tertiary/aromatic N) is 1. The fourth-order valence-electron chi connectivity index (χ4n) is 2.48. The normalized spacial score (nSPS) is 28.1. The summed E-state index contributed by atoms with van der Waals surface area (Å²) in [5.74, 6) is 0.476. The highest BCUT2D eigenvalue weighted by atomic mass is 16.5. The number of β-amino-alcohol motifs (C(OH)–C–C–N with tert-alkyl or cyclic N) is 1. The number of rotatable bonds is 3. The molecule has 0 radical (unpaired) electrons. The van der Waals surface area contributed by atoms with Crippen LogP contribution in [0.3, 0.4) is 0 Å². The van der Waals surface area contributed by atoms with Gasteiger partial charge in [-0.05, 0) is 44.7 Å². The molecule has 0 aromatic rings. The Bertz CT molecular complexity index is 163. The van der Waals surface area contributed by atoms with Crippen LogP contribution in [0, 0.1) is 5.92 Å². The predicted molar refractivity (Wildman–Crippen MR) is 55.2 cm³/mol. The van der Waals surface area contributed by atoms with Crippen molar-refractivity contribution in [1.82, 2.24) is 4.90 Å². The lowest BCUT2D eigenvalue weighted by Crippen LogP contribution is -2.37. The highest BCUT2D eigenvalue weighted by molar-refractivity contribution is 4.77. The number of ether oxygens (including phenoxy) is 1. The molecular formula is C11H21NO2. The molecule has 14 heavy (non-hydrogen) atoms. The van der Waals surface area contributed by atoms with Crippen LogP contribution in [0.1, 0.15) is 25.7 Å². The molecule has 2 aliphatic heterocycles. The lowest BCUT2D eigenvalue weighted by molar-refractivity contribution is -0.00351. The Morgan fingerprint density at radius 1 is 1.21 bits per heavy atom. The molecule has 2 fully saturated rings. The summed E-state index contributed by atoms with van der Waals surface area (Å²) in [7, 11) is 0. The second-order valence-corrected chi connectivity index (χ2v) is 4.52. The van der Waals surface area contributed by atoms with Crippen LogP contribution in [0.4, 0.5) is 0 Å². The third kappa shape index (κ3) is 2.69. The van der Waals surface area contributed by atoms with Gasteiger partial charge in [0.05, 0.1) is 6.10 Å². The van der Waals surface area contributed by atoms with Crippen molar-refractivity contribution < 1.29 is 9.84 Å². The predicted octanol–water partition coefficient (Wildman–Crippen LogP) is 0.870. The van der Waals surface area contributed by atoms with E-state index < -0.39 is 0 Å². The van der Waals surface area contributed by atoms with E-state index in [2.05, 4.69) is 4.90 Å². The van der Waals surface area contributed by atoms with Crippen LogP contribution in [0.25, 0.3) is 0 Å². The van der Waals surface area contributed by atoms with Crippen molar-refractivity contribution >= 4 is 0 Å². The monoisotopic (exact) mass is 199 g/mol. The van der Waals surface area contributed by atoms with Crippen molar-refractivity contribution in [1.29, 1.82) is 0 Å². The number of hydrogen-bond acceptors (Lipinski definition) is 3. The second kappa shape index (κ2) is 5.10. The Kier molecular flexibility index (Phi) is 3.79. The van der Waals surface area contributed by atoms with E-state index in [1.165, 1.54) is 25.9 Å². The molecule has 0 saturated carbocycles. The molecule has 2 heterocycles. The molecular weight excluding hydrogens is 178 g/mol. The van der Waals surface area contributed by atoms with E-state index in [1.807, 2.05) is 0 Å². The summed E-state index contributed by atoms with van der Waals surface area (Å²) in [6.45, 7) is 4.91. The number of aliphatic hydroxyl groups excluding tert-OH is 1. The van der Waals surface area contributed by atoms with Gasteiger partial charge < -0.3 is 14.7 Å². The summed E-state index contributed by atoms with van der Waals surface area (Å²) < 4.78 is 5.30. The molecule has 0 amide bonds. The fraction of sp³-hybridized carbons (Fsp3) is 1.00. The van der Waals surface area contributed by atoms with Gasteiger partial charge in [-0.1, -0.05) is 0 Å². The summed E-state index contributed by atoms with van der Waals surface area (Å²) in [5.41, 5.74) is 0. The molecule has 1 atom stereocenters. The molecule has 1 unspecified atom stereocenters. The Hall–Kier alpha value is -0.120. The van der Waals surface area contributed by atoms with Gasteiger partial charge in [-0.15, -0.1) is 0 Å². The minimum absolute atomic E-state index is 0.128. The highest BCUT2D eigenvalue weighted by Gasteiger charge is 2.24. The number of hydrogen-bond donors (Lipinski definition) is 1. The first-order valence-electron chi connectivity index (χ1n) is 5.84. The van der Waals surface area contributed by atoms with Crippen LogP contribution in [-0.4, -0.2) is 49.0 Å². The molecule has 2 rings (SSSR count). The molecule has 82 valence electrons. The molecule has 2 saturated heterocycles. The maximum Gasteiger partial charge on any atom is 0.0696 e. The van der Waals surface area contributed by atoms with E-state index >= 15 is 0 Å².